The Labute approximate surface area is 94.7 Å². The number of nitrogens with two attached hydrogens (primary N) is 1. The van der Waals surface area contributed by atoms with Crippen LogP contribution in [0.4, 0.5) is 10.1 Å². The van der Waals surface area contributed by atoms with Crippen LogP contribution in [0.2, 0.25) is 0 Å². The molecule has 0 unspecified atom stereocenters. The second-order valence-electron chi connectivity index (χ2n) is 3.92. The standard InChI is InChI=1S/C14H14FN/c1-10-5-2-3-6-11(10)9-12-7-4-8-13(15)14(12)16/h2-8H,9,16H2,1H3. The van der Waals surface area contributed by atoms with Crippen molar-refractivity contribution < 1.29 is 4.39 Å². The molecule has 0 aromatic heterocycles. The van der Waals surface area contributed by atoms with Crippen molar-refractivity contribution in [3.8, 4) is 0 Å². The van der Waals surface area contributed by atoms with Crippen molar-refractivity contribution in [2.45, 2.75) is 13.3 Å². The summed E-state index contributed by atoms with van der Waals surface area (Å²) in [5.41, 5.74) is 9.18. The van der Waals surface area contributed by atoms with Crippen LogP contribution in [0, 0.1) is 12.7 Å². The zero-order valence-corrected chi connectivity index (χ0v) is 9.20. The van der Waals surface area contributed by atoms with Gasteiger partial charge in [-0.25, -0.2) is 4.39 Å². The Kier molecular flexibility index (Phi) is 2.91. The molecular formula is C14H14FN. The zero-order valence-electron chi connectivity index (χ0n) is 9.20. The molecule has 0 radical (unpaired) electrons. The lowest BCUT2D eigenvalue weighted by Crippen LogP contribution is -1.99. The predicted octanol–water partition coefficient (Wildman–Crippen LogP) is 3.31. The van der Waals surface area contributed by atoms with Gasteiger partial charge in [0.15, 0.2) is 0 Å². The number of rotatable bonds is 2. The van der Waals surface area contributed by atoms with Gasteiger partial charge >= 0.3 is 0 Å². The molecule has 0 fully saturated rings. The van der Waals surface area contributed by atoms with Crippen LogP contribution in [-0.2, 0) is 6.42 Å². The summed E-state index contributed by atoms with van der Waals surface area (Å²) in [6.45, 7) is 2.05. The van der Waals surface area contributed by atoms with Crippen molar-refractivity contribution in [2.24, 2.45) is 0 Å². The van der Waals surface area contributed by atoms with Crippen LogP contribution in [-0.4, -0.2) is 0 Å². The molecule has 0 spiro atoms. The van der Waals surface area contributed by atoms with E-state index in [0.717, 1.165) is 5.56 Å². The monoisotopic (exact) mass is 215 g/mol. The SMILES string of the molecule is Cc1ccccc1Cc1cccc(F)c1N. The summed E-state index contributed by atoms with van der Waals surface area (Å²) >= 11 is 0. The lowest BCUT2D eigenvalue weighted by atomic mass is 9.99. The summed E-state index contributed by atoms with van der Waals surface area (Å²) in [6, 6.07) is 13.0. The van der Waals surface area contributed by atoms with Crippen LogP contribution < -0.4 is 5.73 Å². The fraction of sp³-hybridized carbons (Fsp3) is 0.143. The molecule has 0 aliphatic rings. The molecular weight excluding hydrogens is 201 g/mol. The molecule has 0 bridgehead atoms. The molecule has 2 heteroatoms. The Hall–Kier alpha value is -1.83. The molecule has 2 aromatic rings. The van der Waals surface area contributed by atoms with Gasteiger partial charge < -0.3 is 5.73 Å². The number of aryl methyl sites for hydroxylation is 1. The van der Waals surface area contributed by atoms with E-state index in [-0.39, 0.29) is 11.5 Å². The van der Waals surface area contributed by atoms with E-state index in [0.29, 0.717) is 6.42 Å². The minimum atomic E-state index is -0.342. The lowest BCUT2D eigenvalue weighted by molar-refractivity contribution is 0.631. The van der Waals surface area contributed by atoms with Gasteiger partial charge in [0.1, 0.15) is 5.82 Å². The predicted molar refractivity (Wildman–Crippen MR) is 64.8 cm³/mol. The van der Waals surface area contributed by atoms with Crippen molar-refractivity contribution in [2.75, 3.05) is 5.73 Å². The fourth-order valence-electron chi connectivity index (χ4n) is 1.75. The maximum atomic E-state index is 13.3. The number of hydrogen-bond donors (Lipinski definition) is 1. The van der Waals surface area contributed by atoms with Crippen LogP contribution in [0.5, 0.6) is 0 Å². The number of nitrogen functional groups attached to an aromatic ring is 1. The van der Waals surface area contributed by atoms with Crippen LogP contribution in [0.3, 0.4) is 0 Å². The molecule has 82 valence electrons. The van der Waals surface area contributed by atoms with Crippen LogP contribution in [0.1, 0.15) is 16.7 Å². The number of halogens is 1. The molecule has 0 aliphatic carbocycles. The largest absolute Gasteiger partial charge is 0.396 e. The van der Waals surface area contributed by atoms with Crippen molar-refractivity contribution in [1.82, 2.24) is 0 Å². The Morgan fingerprint density at radius 3 is 2.44 bits per heavy atom. The first kappa shape index (κ1) is 10.7. The van der Waals surface area contributed by atoms with Crippen LogP contribution >= 0.6 is 0 Å². The number of anilines is 1. The van der Waals surface area contributed by atoms with Gasteiger partial charge in [0.25, 0.3) is 0 Å². The topological polar surface area (TPSA) is 26.0 Å². The van der Waals surface area contributed by atoms with Crippen molar-refractivity contribution >= 4 is 5.69 Å². The van der Waals surface area contributed by atoms with E-state index in [2.05, 4.69) is 0 Å². The van der Waals surface area contributed by atoms with Gasteiger partial charge in [-0.15, -0.1) is 0 Å². The van der Waals surface area contributed by atoms with E-state index in [1.165, 1.54) is 17.2 Å². The van der Waals surface area contributed by atoms with Gasteiger partial charge in [0, 0.05) is 0 Å². The van der Waals surface area contributed by atoms with E-state index < -0.39 is 0 Å². The Balaban J connectivity index is 2.35. The number of para-hydroxylation sites is 1. The first-order valence-electron chi connectivity index (χ1n) is 5.26. The molecule has 0 saturated carbocycles. The van der Waals surface area contributed by atoms with E-state index >= 15 is 0 Å². The highest BCUT2D eigenvalue weighted by molar-refractivity contribution is 5.50. The second-order valence-corrected chi connectivity index (χ2v) is 3.92. The van der Waals surface area contributed by atoms with Crippen molar-refractivity contribution in [1.29, 1.82) is 0 Å². The number of benzene rings is 2. The molecule has 2 N–H and O–H groups in total. The molecule has 0 aliphatic heterocycles. The Morgan fingerprint density at radius 1 is 1.00 bits per heavy atom. The molecule has 0 amide bonds. The highest BCUT2D eigenvalue weighted by atomic mass is 19.1. The zero-order chi connectivity index (χ0) is 11.5. The summed E-state index contributed by atoms with van der Waals surface area (Å²) in [5.74, 6) is -0.342. The minimum Gasteiger partial charge on any atom is -0.396 e. The maximum Gasteiger partial charge on any atom is 0.146 e. The van der Waals surface area contributed by atoms with Crippen LogP contribution in [0.15, 0.2) is 42.5 Å². The molecule has 0 atom stereocenters. The fourth-order valence-corrected chi connectivity index (χ4v) is 1.75. The average Bonchev–Trinajstić information content (AvgIpc) is 2.28. The van der Waals surface area contributed by atoms with Gasteiger partial charge in [-0.2, -0.15) is 0 Å². The van der Waals surface area contributed by atoms with Crippen molar-refractivity contribution in [3.63, 3.8) is 0 Å². The molecule has 0 heterocycles. The number of hydrogen-bond acceptors (Lipinski definition) is 1. The van der Waals surface area contributed by atoms with Crippen LogP contribution in [0.25, 0.3) is 0 Å². The molecule has 2 aromatic carbocycles. The molecule has 16 heavy (non-hydrogen) atoms. The van der Waals surface area contributed by atoms with Gasteiger partial charge in [-0.1, -0.05) is 36.4 Å². The quantitative estimate of drug-likeness (QED) is 0.764. The normalized spacial score (nSPS) is 10.4. The summed E-state index contributed by atoms with van der Waals surface area (Å²) < 4.78 is 13.3. The lowest BCUT2D eigenvalue weighted by Gasteiger charge is -2.08. The smallest absolute Gasteiger partial charge is 0.146 e. The first-order valence-corrected chi connectivity index (χ1v) is 5.26. The van der Waals surface area contributed by atoms with Gasteiger partial charge in [-0.3, -0.25) is 0 Å². The second kappa shape index (κ2) is 4.35. The molecule has 0 saturated heterocycles. The highest BCUT2D eigenvalue weighted by Gasteiger charge is 2.06. The summed E-state index contributed by atoms with van der Waals surface area (Å²) in [5, 5.41) is 0. The van der Waals surface area contributed by atoms with Gasteiger partial charge in [-0.05, 0) is 36.1 Å². The van der Waals surface area contributed by atoms with Crippen molar-refractivity contribution in [3.05, 3.63) is 65.0 Å². The maximum absolute atomic E-state index is 13.3. The Bertz CT molecular complexity index is 506. The van der Waals surface area contributed by atoms with E-state index in [9.17, 15) is 4.39 Å². The Morgan fingerprint density at radius 2 is 1.69 bits per heavy atom. The summed E-state index contributed by atoms with van der Waals surface area (Å²) in [6.07, 6.45) is 0.677. The van der Waals surface area contributed by atoms with Gasteiger partial charge in [0.2, 0.25) is 0 Å². The summed E-state index contributed by atoms with van der Waals surface area (Å²) in [7, 11) is 0. The molecule has 1 nitrogen and oxygen atoms in total. The van der Waals surface area contributed by atoms with E-state index in [1.54, 1.807) is 6.07 Å². The molecule has 2 rings (SSSR count). The van der Waals surface area contributed by atoms with E-state index in [4.69, 9.17) is 5.73 Å². The first-order chi connectivity index (χ1) is 7.68. The van der Waals surface area contributed by atoms with E-state index in [1.807, 2.05) is 37.3 Å². The van der Waals surface area contributed by atoms with Gasteiger partial charge in [0.05, 0.1) is 5.69 Å². The highest BCUT2D eigenvalue weighted by Crippen LogP contribution is 2.20. The third kappa shape index (κ3) is 2.06. The third-order valence-electron chi connectivity index (χ3n) is 2.79. The minimum absolute atomic E-state index is 0.255. The average molecular weight is 215 g/mol. The third-order valence-corrected chi connectivity index (χ3v) is 2.79. The summed E-state index contributed by atoms with van der Waals surface area (Å²) in [4.78, 5) is 0.